The van der Waals surface area contributed by atoms with Crippen molar-refractivity contribution in [3.05, 3.63) is 0 Å². The van der Waals surface area contributed by atoms with Crippen LogP contribution in [0.1, 0.15) is 19.8 Å². The minimum absolute atomic E-state index is 0.712. The Hall–Kier alpha value is 0.650. The van der Waals surface area contributed by atoms with Crippen LogP contribution in [-0.4, -0.2) is 46.1 Å². The Morgan fingerprint density at radius 3 is 2.17 bits per heavy atom. The van der Waals surface area contributed by atoms with Gasteiger partial charge < -0.3 is 0 Å². The standard InChI is InChI=1S/C9H17IN2/c1-8(10)11-4-6-12(7-5-11)9-2-3-9/h8-9H,2-7H2,1H3. The first-order chi connectivity index (χ1) is 5.77. The molecule has 0 spiro atoms. The number of piperazine rings is 1. The van der Waals surface area contributed by atoms with E-state index in [9.17, 15) is 0 Å². The zero-order valence-electron chi connectivity index (χ0n) is 7.67. The van der Waals surface area contributed by atoms with E-state index in [-0.39, 0.29) is 0 Å². The molecule has 0 aromatic rings. The van der Waals surface area contributed by atoms with Gasteiger partial charge in [0.2, 0.25) is 0 Å². The lowest BCUT2D eigenvalue weighted by atomic mass is 10.3. The summed E-state index contributed by atoms with van der Waals surface area (Å²) in [6, 6.07) is 0.969. The van der Waals surface area contributed by atoms with Gasteiger partial charge in [0.25, 0.3) is 0 Å². The van der Waals surface area contributed by atoms with Gasteiger partial charge in [-0.2, -0.15) is 0 Å². The first-order valence-corrected chi connectivity index (χ1v) is 6.14. The van der Waals surface area contributed by atoms with Crippen LogP contribution in [0, 0.1) is 0 Å². The Balaban J connectivity index is 1.76. The highest BCUT2D eigenvalue weighted by atomic mass is 127. The van der Waals surface area contributed by atoms with Gasteiger partial charge in [0.1, 0.15) is 0 Å². The molecule has 1 atom stereocenters. The Morgan fingerprint density at radius 2 is 1.75 bits per heavy atom. The third kappa shape index (κ3) is 2.12. The maximum atomic E-state index is 2.66. The lowest BCUT2D eigenvalue weighted by molar-refractivity contribution is 0.126. The van der Waals surface area contributed by atoms with Gasteiger partial charge in [-0.05, 0) is 19.8 Å². The van der Waals surface area contributed by atoms with E-state index >= 15 is 0 Å². The SMILES string of the molecule is CC(I)N1CCN(C2CC2)CC1. The van der Waals surface area contributed by atoms with E-state index in [0.29, 0.717) is 4.05 Å². The molecule has 1 unspecified atom stereocenters. The van der Waals surface area contributed by atoms with Crippen molar-refractivity contribution < 1.29 is 0 Å². The topological polar surface area (TPSA) is 6.48 Å². The number of halogens is 1. The van der Waals surface area contributed by atoms with Crippen molar-refractivity contribution in [3.8, 4) is 0 Å². The third-order valence-electron chi connectivity index (χ3n) is 2.92. The Labute approximate surface area is 88.4 Å². The van der Waals surface area contributed by atoms with Gasteiger partial charge in [0, 0.05) is 32.2 Å². The molecule has 0 aromatic heterocycles. The smallest absolute Gasteiger partial charge is 0.0590 e. The van der Waals surface area contributed by atoms with E-state index in [1.54, 1.807) is 0 Å². The van der Waals surface area contributed by atoms with Crippen LogP contribution in [0.25, 0.3) is 0 Å². The highest BCUT2D eigenvalue weighted by Crippen LogP contribution is 2.27. The number of nitrogens with zero attached hydrogens (tertiary/aromatic N) is 2. The van der Waals surface area contributed by atoms with Crippen molar-refractivity contribution in [2.24, 2.45) is 0 Å². The van der Waals surface area contributed by atoms with E-state index in [1.807, 2.05) is 0 Å². The zero-order valence-corrected chi connectivity index (χ0v) is 9.83. The monoisotopic (exact) mass is 280 g/mol. The number of rotatable bonds is 2. The van der Waals surface area contributed by atoms with Crippen molar-refractivity contribution in [1.29, 1.82) is 0 Å². The summed E-state index contributed by atoms with van der Waals surface area (Å²) >= 11 is 2.51. The van der Waals surface area contributed by atoms with Gasteiger partial charge in [0.05, 0.1) is 4.05 Å². The molecule has 2 fully saturated rings. The maximum absolute atomic E-state index is 2.66. The number of hydrogen-bond acceptors (Lipinski definition) is 2. The fourth-order valence-electron chi connectivity index (χ4n) is 1.90. The zero-order chi connectivity index (χ0) is 8.55. The molecule has 0 amide bonds. The minimum Gasteiger partial charge on any atom is -0.298 e. The van der Waals surface area contributed by atoms with Crippen molar-refractivity contribution in [2.75, 3.05) is 26.2 Å². The maximum Gasteiger partial charge on any atom is 0.0590 e. The van der Waals surface area contributed by atoms with Crippen LogP contribution in [0.4, 0.5) is 0 Å². The predicted octanol–water partition coefficient (Wildman–Crippen LogP) is 1.55. The third-order valence-corrected chi connectivity index (χ3v) is 3.70. The molecule has 0 N–H and O–H groups in total. The van der Waals surface area contributed by atoms with Crippen LogP contribution in [0.3, 0.4) is 0 Å². The lowest BCUT2D eigenvalue weighted by Crippen LogP contribution is -2.48. The largest absolute Gasteiger partial charge is 0.298 e. The van der Waals surface area contributed by atoms with Gasteiger partial charge in [-0.25, -0.2) is 0 Å². The second-order valence-corrected chi connectivity index (χ2v) is 5.68. The number of hydrogen-bond donors (Lipinski definition) is 0. The fourth-order valence-corrected chi connectivity index (χ4v) is 2.46. The van der Waals surface area contributed by atoms with Gasteiger partial charge in [-0.3, -0.25) is 9.80 Å². The van der Waals surface area contributed by atoms with Gasteiger partial charge in [-0.1, -0.05) is 22.6 Å². The molecule has 0 aromatic carbocycles. The molecule has 0 radical (unpaired) electrons. The minimum atomic E-state index is 0.712. The summed E-state index contributed by atoms with van der Waals surface area (Å²) in [7, 11) is 0. The first kappa shape index (κ1) is 9.21. The van der Waals surface area contributed by atoms with Crippen LogP contribution in [-0.2, 0) is 0 Å². The molecule has 2 nitrogen and oxygen atoms in total. The summed E-state index contributed by atoms with van der Waals surface area (Å²) in [5.74, 6) is 0. The summed E-state index contributed by atoms with van der Waals surface area (Å²) in [4.78, 5) is 5.23. The summed E-state index contributed by atoms with van der Waals surface area (Å²) in [6.45, 7) is 7.45. The molecule has 1 saturated carbocycles. The van der Waals surface area contributed by atoms with Gasteiger partial charge >= 0.3 is 0 Å². The predicted molar refractivity (Wildman–Crippen MR) is 59.7 cm³/mol. The first-order valence-electron chi connectivity index (χ1n) is 4.89. The highest BCUT2D eigenvalue weighted by Gasteiger charge is 2.31. The van der Waals surface area contributed by atoms with Crippen LogP contribution in [0.2, 0.25) is 0 Å². The van der Waals surface area contributed by atoms with Gasteiger partial charge in [-0.15, -0.1) is 0 Å². The van der Waals surface area contributed by atoms with Crippen LogP contribution in [0.15, 0.2) is 0 Å². The summed E-state index contributed by atoms with van der Waals surface area (Å²) in [5.41, 5.74) is 0. The summed E-state index contributed by atoms with van der Waals surface area (Å²) < 4.78 is 0.712. The summed E-state index contributed by atoms with van der Waals surface area (Å²) in [5, 5.41) is 0. The molecule has 3 heteroatoms. The molecular weight excluding hydrogens is 263 g/mol. The molecule has 2 rings (SSSR count). The molecule has 1 aliphatic carbocycles. The van der Waals surface area contributed by atoms with E-state index in [4.69, 9.17) is 0 Å². The highest BCUT2D eigenvalue weighted by molar-refractivity contribution is 14.1. The van der Waals surface area contributed by atoms with Gasteiger partial charge in [0.15, 0.2) is 0 Å². The molecule has 70 valence electrons. The molecular formula is C9H17IN2. The van der Waals surface area contributed by atoms with E-state index in [1.165, 1.54) is 39.0 Å². The normalized spacial score (nSPS) is 30.5. The fraction of sp³-hybridized carbons (Fsp3) is 1.00. The van der Waals surface area contributed by atoms with Crippen molar-refractivity contribution in [3.63, 3.8) is 0 Å². The molecule has 0 bridgehead atoms. The Morgan fingerprint density at radius 1 is 1.17 bits per heavy atom. The molecule has 1 heterocycles. The quantitative estimate of drug-likeness (QED) is 0.430. The van der Waals surface area contributed by atoms with E-state index in [0.717, 1.165) is 6.04 Å². The molecule has 1 aliphatic heterocycles. The summed E-state index contributed by atoms with van der Waals surface area (Å²) in [6.07, 6.45) is 2.92. The van der Waals surface area contributed by atoms with Crippen LogP contribution >= 0.6 is 22.6 Å². The van der Waals surface area contributed by atoms with Crippen molar-refractivity contribution in [1.82, 2.24) is 9.80 Å². The Bertz CT molecular complexity index is 139. The van der Waals surface area contributed by atoms with E-state index < -0.39 is 0 Å². The second kappa shape index (κ2) is 3.80. The van der Waals surface area contributed by atoms with Crippen molar-refractivity contribution >= 4 is 22.6 Å². The number of alkyl halides is 1. The van der Waals surface area contributed by atoms with Crippen LogP contribution in [0.5, 0.6) is 0 Å². The van der Waals surface area contributed by atoms with Crippen molar-refractivity contribution in [2.45, 2.75) is 29.9 Å². The average Bonchev–Trinajstić information content (AvgIpc) is 2.87. The lowest BCUT2D eigenvalue weighted by Gasteiger charge is -2.36. The average molecular weight is 280 g/mol. The second-order valence-electron chi connectivity index (χ2n) is 3.88. The van der Waals surface area contributed by atoms with E-state index in [2.05, 4.69) is 39.3 Å². The van der Waals surface area contributed by atoms with Crippen LogP contribution < -0.4 is 0 Å². The molecule has 1 saturated heterocycles. The molecule has 12 heavy (non-hydrogen) atoms. The molecule has 2 aliphatic rings. The Kier molecular flexibility index (Phi) is 2.92.